The number of carbonyl (C=O) groups excluding carboxylic acids is 2. The van der Waals surface area contributed by atoms with Crippen molar-refractivity contribution in [1.29, 1.82) is 0 Å². The maximum absolute atomic E-state index is 14.3. The van der Waals surface area contributed by atoms with Gasteiger partial charge in [0.25, 0.3) is 10.0 Å². The van der Waals surface area contributed by atoms with E-state index >= 15 is 0 Å². The van der Waals surface area contributed by atoms with Crippen LogP contribution in [0.3, 0.4) is 0 Å². The maximum Gasteiger partial charge on any atom is 0.264 e. The molecule has 3 aromatic carbocycles. The number of sulfonamides is 1. The molecular weight excluding hydrogens is 566 g/mol. The SMILES string of the molecule is COc1ccc(S(=O)(=O)N(CC(=O)N(Cc2cccc(C)c2)[C@@H](C)C(=O)NC(C)(C)C)c2cc(C)cc(C)c2)cc1OC. The molecule has 0 fully saturated rings. The van der Waals surface area contributed by atoms with Crippen LogP contribution >= 0.6 is 0 Å². The Labute approximate surface area is 255 Å². The summed E-state index contributed by atoms with van der Waals surface area (Å²) >= 11 is 0. The molecule has 0 radical (unpaired) electrons. The summed E-state index contributed by atoms with van der Waals surface area (Å²) < 4.78 is 40.3. The van der Waals surface area contributed by atoms with Crippen molar-refractivity contribution < 1.29 is 27.5 Å². The van der Waals surface area contributed by atoms with Gasteiger partial charge in [-0.3, -0.25) is 13.9 Å². The van der Waals surface area contributed by atoms with Crippen molar-refractivity contribution in [1.82, 2.24) is 10.2 Å². The van der Waals surface area contributed by atoms with E-state index in [0.29, 0.717) is 11.4 Å². The van der Waals surface area contributed by atoms with Crippen molar-refractivity contribution in [3.8, 4) is 11.5 Å². The minimum absolute atomic E-state index is 0.0686. The van der Waals surface area contributed by atoms with Gasteiger partial charge in [-0.25, -0.2) is 8.42 Å². The summed E-state index contributed by atoms with van der Waals surface area (Å²) in [7, 11) is -1.39. The molecule has 10 heteroatoms. The first-order chi connectivity index (χ1) is 20.0. The molecule has 0 aromatic heterocycles. The predicted molar refractivity (Wildman–Crippen MR) is 169 cm³/mol. The highest BCUT2D eigenvalue weighted by atomic mass is 32.2. The number of rotatable bonds is 11. The predicted octanol–water partition coefficient (Wildman–Crippen LogP) is 5.16. The van der Waals surface area contributed by atoms with E-state index in [-0.39, 0.29) is 23.1 Å². The van der Waals surface area contributed by atoms with Gasteiger partial charge < -0.3 is 19.7 Å². The highest BCUT2D eigenvalue weighted by Gasteiger charge is 2.34. The van der Waals surface area contributed by atoms with E-state index in [1.807, 2.05) is 71.9 Å². The van der Waals surface area contributed by atoms with Crippen molar-refractivity contribution in [2.45, 2.75) is 71.5 Å². The highest BCUT2D eigenvalue weighted by Crippen LogP contribution is 2.33. The molecule has 0 aliphatic rings. The summed E-state index contributed by atoms with van der Waals surface area (Å²) in [6.07, 6.45) is 0. The molecule has 9 nitrogen and oxygen atoms in total. The zero-order valence-corrected chi connectivity index (χ0v) is 27.3. The number of carbonyl (C=O) groups is 2. The van der Waals surface area contributed by atoms with Gasteiger partial charge in [0.1, 0.15) is 12.6 Å². The van der Waals surface area contributed by atoms with Crippen LogP contribution in [0, 0.1) is 20.8 Å². The second kappa shape index (κ2) is 13.5. The number of ether oxygens (including phenoxy) is 2. The zero-order valence-electron chi connectivity index (χ0n) is 26.5. The van der Waals surface area contributed by atoms with E-state index in [2.05, 4.69) is 5.32 Å². The van der Waals surface area contributed by atoms with Crippen LogP contribution in [0.5, 0.6) is 11.5 Å². The number of amides is 2. The van der Waals surface area contributed by atoms with Gasteiger partial charge in [-0.1, -0.05) is 35.9 Å². The fourth-order valence-corrected chi connectivity index (χ4v) is 6.21. The van der Waals surface area contributed by atoms with Crippen LogP contribution in [0.1, 0.15) is 49.9 Å². The molecule has 1 N–H and O–H groups in total. The lowest BCUT2D eigenvalue weighted by Gasteiger charge is -2.33. The van der Waals surface area contributed by atoms with Gasteiger partial charge in [0.15, 0.2) is 11.5 Å². The lowest BCUT2D eigenvalue weighted by atomic mass is 10.1. The second-order valence-corrected chi connectivity index (χ2v) is 13.7. The van der Waals surface area contributed by atoms with Crippen LogP contribution in [-0.4, -0.2) is 57.5 Å². The number of anilines is 1. The molecular formula is C33H43N3O6S. The second-order valence-electron chi connectivity index (χ2n) is 11.8. The molecule has 0 bridgehead atoms. The van der Waals surface area contributed by atoms with Crippen LogP contribution in [0.2, 0.25) is 0 Å². The van der Waals surface area contributed by atoms with Crippen molar-refractivity contribution in [3.63, 3.8) is 0 Å². The molecule has 0 aliphatic heterocycles. The van der Waals surface area contributed by atoms with Crippen LogP contribution in [0.4, 0.5) is 5.69 Å². The van der Waals surface area contributed by atoms with Gasteiger partial charge in [-0.15, -0.1) is 0 Å². The topological polar surface area (TPSA) is 105 Å². The first kappa shape index (κ1) is 33.5. The van der Waals surface area contributed by atoms with Gasteiger partial charge in [0.05, 0.1) is 24.8 Å². The Bertz CT molecular complexity index is 1560. The van der Waals surface area contributed by atoms with Crippen molar-refractivity contribution in [2.24, 2.45) is 0 Å². The molecule has 2 amide bonds. The molecule has 0 aliphatic carbocycles. The Kier molecular flexibility index (Phi) is 10.5. The lowest BCUT2D eigenvalue weighted by molar-refractivity contribution is -0.140. The Morgan fingerprint density at radius 2 is 1.49 bits per heavy atom. The quantitative estimate of drug-likeness (QED) is 0.322. The fourth-order valence-electron chi connectivity index (χ4n) is 4.79. The van der Waals surface area contributed by atoms with E-state index in [1.165, 1.54) is 37.3 Å². The van der Waals surface area contributed by atoms with Gasteiger partial charge in [-0.2, -0.15) is 0 Å². The Balaban J connectivity index is 2.12. The van der Waals surface area contributed by atoms with Gasteiger partial charge in [-0.05, 0) is 89.4 Å². The Morgan fingerprint density at radius 3 is 2.05 bits per heavy atom. The number of nitrogens with one attached hydrogen (secondary N) is 1. The van der Waals surface area contributed by atoms with E-state index in [4.69, 9.17) is 9.47 Å². The fraction of sp³-hybridized carbons (Fsp3) is 0.394. The molecule has 1 atom stereocenters. The maximum atomic E-state index is 14.3. The van der Waals surface area contributed by atoms with Crippen LogP contribution in [0.25, 0.3) is 0 Å². The average molecular weight is 610 g/mol. The van der Waals surface area contributed by atoms with Crippen molar-refractivity contribution >= 4 is 27.5 Å². The summed E-state index contributed by atoms with van der Waals surface area (Å²) in [5.41, 5.74) is 3.32. The third-order valence-electron chi connectivity index (χ3n) is 6.82. The van der Waals surface area contributed by atoms with Gasteiger partial charge in [0.2, 0.25) is 11.8 Å². The minimum atomic E-state index is -4.28. The van der Waals surface area contributed by atoms with E-state index in [1.54, 1.807) is 19.1 Å². The van der Waals surface area contributed by atoms with E-state index < -0.39 is 34.1 Å². The largest absolute Gasteiger partial charge is 0.493 e. The summed E-state index contributed by atoms with van der Waals surface area (Å²) in [6, 6.07) is 16.4. The molecule has 232 valence electrons. The number of aryl methyl sites for hydroxylation is 3. The number of benzene rings is 3. The molecule has 43 heavy (non-hydrogen) atoms. The Morgan fingerprint density at radius 1 is 0.860 bits per heavy atom. The minimum Gasteiger partial charge on any atom is -0.493 e. The third kappa shape index (κ3) is 8.50. The number of nitrogens with zero attached hydrogens (tertiary/aromatic N) is 2. The molecule has 0 saturated carbocycles. The zero-order chi connectivity index (χ0) is 32.1. The van der Waals surface area contributed by atoms with Crippen molar-refractivity contribution in [3.05, 3.63) is 82.9 Å². The lowest BCUT2D eigenvalue weighted by Crippen LogP contribution is -2.54. The summed E-state index contributed by atoms with van der Waals surface area (Å²) in [6.45, 7) is 12.5. The summed E-state index contributed by atoms with van der Waals surface area (Å²) in [4.78, 5) is 28.8. The highest BCUT2D eigenvalue weighted by molar-refractivity contribution is 7.92. The normalized spacial score (nSPS) is 12.3. The third-order valence-corrected chi connectivity index (χ3v) is 8.59. The molecule has 0 spiro atoms. The molecule has 0 saturated heterocycles. The van der Waals surface area contributed by atoms with Crippen LogP contribution in [-0.2, 0) is 26.2 Å². The monoisotopic (exact) mass is 609 g/mol. The molecule has 0 heterocycles. The van der Waals surface area contributed by atoms with Crippen LogP contribution in [0.15, 0.2) is 65.6 Å². The van der Waals surface area contributed by atoms with Crippen LogP contribution < -0.4 is 19.1 Å². The first-order valence-electron chi connectivity index (χ1n) is 14.1. The number of methoxy groups -OCH3 is 2. The van der Waals surface area contributed by atoms with E-state index in [0.717, 1.165) is 26.6 Å². The molecule has 0 unspecified atom stereocenters. The van der Waals surface area contributed by atoms with Crippen molar-refractivity contribution in [2.75, 3.05) is 25.1 Å². The standard InChI is InChI=1S/C33H43N3O6S/c1-22-11-10-12-26(16-22)20-35(25(4)32(38)34-33(5,6)7)31(37)21-36(27-17-23(2)15-24(3)18-27)43(39,40)28-13-14-29(41-8)30(19-28)42-9/h10-19,25H,20-21H2,1-9H3,(H,34,38)/t25-/m0/s1. The summed E-state index contributed by atoms with van der Waals surface area (Å²) in [5, 5.41) is 2.94. The number of hydrogen-bond acceptors (Lipinski definition) is 6. The average Bonchev–Trinajstić information content (AvgIpc) is 2.92. The smallest absolute Gasteiger partial charge is 0.264 e. The molecule has 3 aromatic rings. The number of hydrogen-bond donors (Lipinski definition) is 1. The first-order valence-corrected chi connectivity index (χ1v) is 15.5. The molecule has 3 rings (SSSR count). The van der Waals surface area contributed by atoms with E-state index in [9.17, 15) is 18.0 Å². The Hall–Kier alpha value is -4.05. The van der Waals surface area contributed by atoms with Gasteiger partial charge >= 0.3 is 0 Å². The summed E-state index contributed by atoms with van der Waals surface area (Å²) in [5.74, 6) is -0.252. The van der Waals surface area contributed by atoms with Gasteiger partial charge in [0, 0.05) is 18.2 Å².